The molecule has 0 amide bonds. The smallest absolute Gasteiger partial charge is 0.309 e. The van der Waals surface area contributed by atoms with Gasteiger partial charge in [0.1, 0.15) is 12.3 Å². The third-order valence-electron chi connectivity index (χ3n) is 7.03. The fourth-order valence-corrected chi connectivity index (χ4v) is 5.26. The molecule has 3 rings (SSSR count). The Morgan fingerprint density at radius 3 is 2.04 bits per heavy atom. The van der Waals surface area contributed by atoms with Crippen LogP contribution in [0, 0.1) is 17.8 Å². The number of ether oxygens (including phenoxy) is 2. The van der Waals surface area contributed by atoms with Crippen molar-refractivity contribution in [1.82, 2.24) is 0 Å². The first-order valence-electron chi connectivity index (χ1n) is 10.4. The van der Waals surface area contributed by atoms with Crippen LogP contribution in [-0.2, 0) is 14.3 Å². The van der Waals surface area contributed by atoms with Crippen LogP contribution < -0.4 is 0 Å². The number of halogens is 1. The molecule has 0 aromatic heterocycles. The fourth-order valence-electron chi connectivity index (χ4n) is 5.26. The van der Waals surface area contributed by atoms with Gasteiger partial charge in [-0.25, -0.2) is 4.39 Å². The average Bonchev–Trinajstić information content (AvgIpc) is 2.68. The molecule has 0 radical (unpaired) electrons. The number of esters is 1. The van der Waals surface area contributed by atoms with E-state index in [9.17, 15) is 9.18 Å². The standard InChI is InChI=1S/C21H34FNO3/c1-23-20-12-11-18(13-19(20)22)26-21(24)16-5-3-14(4-6-16)15-7-9-17(25-2)10-8-15/h14-20H,1,3-13H2,2H3. The van der Waals surface area contributed by atoms with Crippen LogP contribution in [0.5, 0.6) is 0 Å². The molecule has 26 heavy (non-hydrogen) atoms. The molecule has 148 valence electrons. The lowest BCUT2D eigenvalue weighted by Gasteiger charge is -2.37. The molecule has 3 unspecified atom stereocenters. The van der Waals surface area contributed by atoms with E-state index in [0.717, 1.165) is 37.5 Å². The summed E-state index contributed by atoms with van der Waals surface area (Å²) < 4.78 is 25.1. The Bertz CT molecular complexity index is 470. The van der Waals surface area contributed by atoms with Crippen molar-refractivity contribution < 1.29 is 18.7 Å². The van der Waals surface area contributed by atoms with Gasteiger partial charge in [0, 0.05) is 13.5 Å². The largest absolute Gasteiger partial charge is 0.462 e. The van der Waals surface area contributed by atoms with E-state index in [-0.39, 0.29) is 30.5 Å². The first-order chi connectivity index (χ1) is 12.6. The molecular weight excluding hydrogens is 333 g/mol. The minimum absolute atomic E-state index is 0.00915. The summed E-state index contributed by atoms with van der Waals surface area (Å²) in [6, 6.07) is -0.325. The monoisotopic (exact) mass is 367 g/mol. The molecule has 4 nitrogen and oxygen atoms in total. The van der Waals surface area contributed by atoms with Crippen molar-refractivity contribution in [2.75, 3.05) is 7.11 Å². The van der Waals surface area contributed by atoms with Crippen LogP contribution in [0.15, 0.2) is 4.99 Å². The summed E-state index contributed by atoms with van der Waals surface area (Å²) in [4.78, 5) is 16.3. The lowest BCUT2D eigenvalue weighted by Crippen LogP contribution is -2.36. The van der Waals surface area contributed by atoms with Crippen molar-refractivity contribution in [1.29, 1.82) is 0 Å². The zero-order valence-corrected chi connectivity index (χ0v) is 16.1. The maximum atomic E-state index is 14.0. The van der Waals surface area contributed by atoms with E-state index >= 15 is 0 Å². The number of methoxy groups -OCH3 is 1. The van der Waals surface area contributed by atoms with Crippen LogP contribution in [0.1, 0.15) is 70.6 Å². The molecule has 3 atom stereocenters. The minimum atomic E-state index is -1.03. The molecule has 0 bridgehead atoms. The molecule has 3 aliphatic rings. The van der Waals surface area contributed by atoms with E-state index in [0.29, 0.717) is 18.9 Å². The van der Waals surface area contributed by atoms with Crippen molar-refractivity contribution in [2.24, 2.45) is 22.7 Å². The summed E-state index contributed by atoms with van der Waals surface area (Å²) in [7, 11) is 1.81. The molecule has 3 saturated carbocycles. The summed E-state index contributed by atoms with van der Waals surface area (Å²) in [5.41, 5.74) is 0. The number of carbonyl (C=O) groups excluding carboxylic acids is 1. The van der Waals surface area contributed by atoms with Gasteiger partial charge in [-0.2, -0.15) is 0 Å². The van der Waals surface area contributed by atoms with Crippen LogP contribution in [0.25, 0.3) is 0 Å². The predicted octanol–water partition coefficient (Wildman–Crippen LogP) is 4.50. The van der Waals surface area contributed by atoms with Crippen LogP contribution in [0.4, 0.5) is 4.39 Å². The van der Waals surface area contributed by atoms with Gasteiger partial charge in [-0.15, -0.1) is 0 Å². The Labute approximate surface area is 156 Å². The zero-order chi connectivity index (χ0) is 18.5. The highest BCUT2D eigenvalue weighted by atomic mass is 19.1. The third kappa shape index (κ3) is 4.85. The summed E-state index contributed by atoms with van der Waals surface area (Å²) in [5.74, 6) is 1.46. The first kappa shape index (κ1) is 19.8. The maximum absolute atomic E-state index is 14.0. The fraction of sp³-hybridized carbons (Fsp3) is 0.905. The molecule has 0 spiro atoms. The second-order valence-electron chi connectivity index (χ2n) is 8.52. The molecule has 3 fully saturated rings. The molecule has 5 heteroatoms. The van der Waals surface area contributed by atoms with Gasteiger partial charge in [-0.05, 0) is 82.8 Å². The van der Waals surface area contributed by atoms with Crippen molar-refractivity contribution in [2.45, 2.75) is 95.1 Å². The number of hydrogen-bond acceptors (Lipinski definition) is 4. The normalized spacial score (nSPS) is 41.4. The van der Waals surface area contributed by atoms with E-state index in [4.69, 9.17) is 9.47 Å². The lowest BCUT2D eigenvalue weighted by atomic mass is 9.70. The van der Waals surface area contributed by atoms with Crippen LogP contribution >= 0.6 is 0 Å². The zero-order valence-electron chi connectivity index (χ0n) is 16.1. The van der Waals surface area contributed by atoms with Crippen LogP contribution in [0.2, 0.25) is 0 Å². The number of aliphatic imine (C=N–C) groups is 1. The lowest BCUT2D eigenvalue weighted by molar-refractivity contribution is -0.158. The summed E-state index contributed by atoms with van der Waals surface area (Å²) in [6.07, 6.45) is 9.71. The Balaban J connectivity index is 1.39. The van der Waals surface area contributed by atoms with Gasteiger partial charge in [0.25, 0.3) is 0 Å². The number of rotatable bonds is 5. The van der Waals surface area contributed by atoms with E-state index in [1.807, 2.05) is 7.11 Å². The Morgan fingerprint density at radius 2 is 1.50 bits per heavy atom. The molecule has 0 aromatic rings. The van der Waals surface area contributed by atoms with Gasteiger partial charge < -0.3 is 9.47 Å². The SMILES string of the molecule is C=NC1CCC(OC(=O)C2CCC(C3CCC(OC)CC3)CC2)CC1F. The van der Waals surface area contributed by atoms with Gasteiger partial charge >= 0.3 is 5.97 Å². The summed E-state index contributed by atoms with van der Waals surface area (Å²) >= 11 is 0. The van der Waals surface area contributed by atoms with Crippen molar-refractivity contribution >= 4 is 12.7 Å². The molecule has 0 heterocycles. The van der Waals surface area contributed by atoms with Crippen molar-refractivity contribution in [3.63, 3.8) is 0 Å². The number of alkyl halides is 1. The van der Waals surface area contributed by atoms with Gasteiger partial charge in [-0.3, -0.25) is 9.79 Å². The minimum Gasteiger partial charge on any atom is -0.462 e. The Morgan fingerprint density at radius 1 is 0.923 bits per heavy atom. The molecule has 0 saturated heterocycles. The van der Waals surface area contributed by atoms with E-state index < -0.39 is 6.17 Å². The number of carbonyl (C=O) groups is 1. The highest BCUT2D eigenvalue weighted by Crippen LogP contribution is 2.41. The highest BCUT2D eigenvalue weighted by Gasteiger charge is 2.36. The highest BCUT2D eigenvalue weighted by molar-refractivity contribution is 5.72. The van der Waals surface area contributed by atoms with Gasteiger partial charge in [0.15, 0.2) is 0 Å². The molecule has 0 N–H and O–H groups in total. The second-order valence-corrected chi connectivity index (χ2v) is 8.52. The predicted molar refractivity (Wildman–Crippen MR) is 100 cm³/mol. The van der Waals surface area contributed by atoms with Gasteiger partial charge in [0.05, 0.1) is 18.1 Å². The van der Waals surface area contributed by atoms with Crippen molar-refractivity contribution in [3.05, 3.63) is 0 Å². The van der Waals surface area contributed by atoms with Crippen molar-refractivity contribution in [3.8, 4) is 0 Å². The number of nitrogens with zero attached hydrogens (tertiary/aromatic N) is 1. The third-order valence-corrected chi connectivity index (χ3v) is 7.03. The van der Waals surface area contributed by atoms with E-state index in [1.54, 1.807) is 0 Å². The molecule has 0 aromatic carbocycles. The second kappa shape index (κ2) is 9.29. The van der Waals surface area contributed by atoms with E-state index in [1.165, 1.54) is 25.7 Å². The number of hydrogen-bond donors (Lipinski definition) is 0. The molecule has 0 aliphatic heterocycles. The summed E-state index contributed by atoms with van der Waals surface area (Å²) in [6.45, 7) is 3.44. The van der Waals surface area contributed by atoms with Gasteiger partial charge in [0.2, 0.25) is 0 Å². The average molecular weight is 368 g/mol. The topological polar surface area (TPSA) is 47.9 Å². The summed E-state index contributed by atoms with van der Waals surface area (Å²) in [5, 5.41) is 0. The van der Waals surface area contributed by atoms with Gasteiger partial charge in [-0.1, -0.05) is 0 Å². The quantitative estimate of drug-likeness (QED) is 0.531. The first-order valence-corrected chi connectivity index (χ1v) is 10.4. The Hall–Kier alpha value is -0.970. The van der Waals surface area contributed by atoms with E-state index in [2.05, 4.69) is 11.7 Å². The van der Waals surface area contributed by atoms with Crippen LogP contribution in [-0.4, -0.2) is 44.2 Å². The Kier molecular flexibility index (Phi) is 7.07. The molecule has 3 aliphatic carbocycles. The molecular formula is C21H34FNO3. The van der Waals surface area contributed by atoms with Crippen LogP contribution in [0.3, 0.4) is 0 Å². The maximum Gasteiger partial charge on any atom is 0.309 e.